The lowest BCUT2D eigenvalue weighted by Crippen LogP contribution is -1.83. The molecule has 4 aromatic rings. The van der Waals surface area contributed by atoms with Crippen molar-refractivity contribution in [3.05, 3.63) is 66.2 Å². The minimum atomic E-state index is -0.660. The Morgan fingerprint density at radius 3 is 2.62 bits per heavy atom. The zero-order valence-corrected chi connectivity index (χ0v) is 10.9. The van der Waals surface area contributed by atoms with Crippen molar-refractivity contribution in [3.63, 3.8) is 0 Å². The molecule has 21 heavy (non-hydrogen) atoms. The molecule has 4 rings (SSSR count). The largest absolute Gasteiger partial charge is 0.338 e. The summed E-state index contributed by atoms with van der Waals surface area (Å²) >= 11 is 0. The molecule has 1 aromatic heterocycles. The lowest BCUT2D eigenvalue weighted by atomic mass is 10.0. The first kappa shape index (κ1) is 12.0. The molecule has 0 radical (unpaired) electrons. The number of hydrogen-bond donors (Lipinski definition) is 1. The minimum absolute atomic E-state index is 0.152. The van der Waals surface area contributed by atoms with Crippen LogP contribution in [0.25, 0.3) is 33.2 Å². The van der Waals surface area contributed by atoms with Gasteiger partial charge in [0.1, 0.15) is 17.2 Å². The lowest BCUT2D eigenvalue weighted by Gasteiger charge is -2.03. The minimum Gasteiger partial charge on any atom is -0.338 e. The second-order valence-corrected chi connectivity index (χ2v) is 4.90. The Kier molecular flexibility index (Phi) is 2.51. The molecule has 1 heterocycles. The second-order valence-electron chi connectivity index (χ2n) is 4.90. The smallest absolute Gasteiger partial charge is 0.153 e. The van der Waals surface area contributed by atoms with E-state index in [0.29, 0.717) is 11.3 Å². The van der Waals surface area contributed by atoms with Gasteiger partial charge in [-0.25, -0.2) is 13.8 Å². The van der Waals surface area contributed by atoms with Gasteiger partial charge < -0.3 is 4.98 Å². The predicted octanol–water partition coefficient (Wildman–Crippen LogP) is 4.66. The molecule has 0 aliphatic rings. The number of aromatic amines is 1. The van der Waals surface area contributed by atoms with Gasteiger partial charge in [0.05, 0.1) is 5.52 Å². The molecule has 102 valence electrons. The molecule has 0 unspecified atom stereocenters. The molecule has 0 fully saturated rings. The van der Waals surface area contributed by atoms with Crippen molar-refractivity contribution >= 4 is 21.8 Å². The monoisotopic (exact) mass is 280 g/mol. The predicted molar refractivity (Wildman–Crippen MR) is 79.0 cm³/mol. The van der Waals surface area contributed by atoms with Crippen molar-refractivity contribution in [1.82, 2.24) is 9.97 Å². The first-order chi connectivity index (χ1) is 10.2. The van der Waals surface area contributed by atoms with E-state index in [2.05, 4.69) is 9.97 Å². The number of imidazole rings is 1. The molecule has 0 spiro atoms. The van der Waals surface area contributed by atoms with Gasteiger partial charge in [-0.2, -0.15) is 0 Å². The van der Waals surface area contributed by atoms with E-state index in [0.717, 1.165) is 22.4 Å². The summed E-state index contributed by atoms with van der Waals surface area (Å²) in [6.45, 7) is 0. The van der Waals surface area contributed by atoms with Gasteiger partial charge in [0.2, 0.25) is 0 Å². The summed E-state index contributed by atoms with van der Waals surface area (Å²) in [6.07, 6.45) is 0. The highest BCUT2D eigenvalue weighted by atomic mass is 19.1. The highest BCUT2D eigenvalue weighted by molar-refractivity contribution is 5.96. The molecular weight excluding hydrogens is 270 g/mol. The summed E-state index contributed by atoms with van der Waals surface area (Å²) in [6, 6.07) is 15.8. The van der Waals surface area contributed by atoms with Crippen LogP contribution in [0.2, 0.25) is 0 Å². The van der Waals surface area contributed by atoms with Gasteiger partial charge in [-0.05, 0) is 16.8 Å². The van der Waals surface area contributed by atoms with Crippen LogP contribution in [-0.4, -0.2) is 9.97 Å². The SMILES string of the molecule is Fc1cc(F)c2nc(-c3cccc4ccccc34)[nH]c2c1. The molecule has 0 saturated carbocycles. The molecule has 0 saturated heterocycles. The number of nitrogens with zero attached hydrogens (tertiary/aromatic N) is 1. The van der Waals surface area contributed by atoms with Crippen LogP contribution in [0.3, 0.4) is 0 Å². The van der Waals surface area contributed by atoms with Crippen molar-refractivity contribution in [1.29, 1.82) is 0 Å². The van der Waals surface area contributed by atoms with Crippen LogP contribution in [0.4, 0.5) is 8.78 Å². The van der Waals surface area contributed by atoms with Gasteiger partial charge in [-0.3, -0.25) is 0 Å². The van der Waals surface area contributed by atoms with E-state index in [1.807, 2.05) is 42.5 Å². The molecule has 0 aliphatic carbocycles. The number of aromatic nitrogens is 2. The van der Waals surface area contributed by atoms with Gasteiger partial charge in [0, 0.05) is 11.6 Å². The van der Waals surface area contributed by atoms with Crippen molar-refractivity contribution in [3.8, 4) is 11.4 Å². The number of H-pyrrole nitrogens is 1. The molecule has 4 heteroatoms. The average Bonchev–Trinajstić information content (AvgIpc) is 2.90. The molecule has 0 atom stereocenters. The summed E-state index contributed by atoms with van der Waals surface area (Å²) in [5, 5.41) is 2.09. The summed E-state index contributed by atoms with van der Waals surface area (Å²) in [4.78, 5) is 7.27. The summed E-state index contributed by atoms with van der Waals surface area (Å²) < 4.78 is 27.0. The van der Waals surface area contributed by atoms with E-state index in [9.17, 15) is 8.78 Å². The number of halogens is 2. The fourth-order valence-corrected chi connectivity index (χ4v) is 2.60. The van der Waals surface area contributed by atoms with E-state index in [1.54, 1.807) is 0 Å². The molecule has 3 aromatic carbocycles. The van der Waals surface area contributed by atoms with Gasteiger partial charge >= 0.3 is 0 Å². The van der Waals surface area contributed by atoms with Gasteiger partial charge in [0.25, 0.3) is 0 Å². The van der Waals surface area contributed by atoms with Crippen molar-refractivity contribution in [2.45, 2.75) is 0 Å². The van der Waals surface area contributed by atoms with Gasteiger partial charge in [-0.1, -0.05) is 42.5 Å². The highest BCUT2D eigenvalue weighted by Gasteiger charge is 2.12. The Morgan fingerprint density at radius 1 is 0.905 bits per heavy atom. The third-order valence-corrected chi connectivity index (χ3v) is 3.55. The second kappa shape index (κ2) is 4.38. The topological polar surface area (TPSA) is 28.7 Å². The Morgan fingerprint density at radius 2 is 1.71 bits per heavy atom. The van der Waals surface area contributed by atoms with Gasteiger partial charge in [0.15, 0.2) is 5.82 Å². The fourth-order valence-electron chi connectivity index (χ4n) is 2.60. The quantitative estimate of drug-likeness (QED) is 0.539. The standard InChI is InChI=1S/C17H10F2N2/c18-11-8-14(19)16-15(9-11)20-17(21-16)13-7-3-5-10-4-1-2-6-12(10)13/h1-9H,(H,20,21). The van der Waals surface area contributed by atoms with Crippen LogP contribution in [0.1, 0.15) is 0 Å². The average molecular weight is 280 g/mol. The molecule has 2 nitrogen and oxygen atoms in total. The van der Waals surface area contributed by atoms with Crippen LogP contribution in [0, 0.1) is 11.6 Å². The molecule has 0 bridgehead atoms. The van der Waals surface area contributed by atoms with Crippen molar-refractivity contribution < 1.29 is 8.78 Å². The van der Waals surface area contributed by atoms with Crippen LogP contribution in [0.5, 0.6) is 0 Å². The van der Waals surface area contributed by atoms with E-state index >= 15 is 0 Å². The third kappa shape index (κ3) is 1.88. The van der Waals surface area contributed by atoms with E-state index < -0.39 is 11.6 Å². The van der Waals surface area contributed by atoms with Crippen molar-refractivity contribution in [2.75, 3.05) is 0 Å². The number of nitrogens with one attached hydrogen (secondary N) is 1. The number of fused-ring (bicyclic) bond motifs is 2. The number of rotatable bonds is 1. The zero-order valence-electron chi connectivity index (χ0n) is 10.9. The molecule has 1 N–H and O–H groups in total. The lowest BCUT2D eigenvalue weighted by molar-refractivity contribution is 0.591. The first-order valence-electron chi connectivity index (χ1n) is 6.55. The zero-order chi connectivity index (χ0) is 14.4. The summed E-state index contributed by atoms with van der Waals surface area (Å²) in [7, 11) is 0. The number of hydrogen-bond acceptors (Lipinski definition) is 1. The van der Waals surface area contributed by atoms with Crippen LogP contribution < -0.4 is 0 Å². The maximum Gasteiger partial charge on any atom is 0.153 e. The third-order valence-electron chi connectivity index (χ3n) is 3.55. The van der Waals surface area contributed by atoms with Gasteiger partial charge in [-0.15, -0.1) is 0 Å². The van der Waals surface area contributed by atoms with E-state index in [4.69, 9.17) is 0 Å². The maximum atomic E-state index is 13.8. The number of benzene rings is 3. The molecule has 0 aliphatic heterocycles. The van der Waals surface area contributed by atoms with Crippen LogP contribution in [-0.2, 0) is 0 Å². The Balaban J connectivity index is 2.03. The Labute approximate surface area is 119 Å². The highest BCUT2D eigenvalue weighted by Crippen LogP contribution is 2.29. The van der Waals surface area contributed by atoms with E-state index in [-0.39, 0.29) is 5.52 Å². The van der Waals surface area contributed by atoms with E-state index in [1.165, 1.54) is 6.07 Å². The first-order valence-corrected chi connectivity index (χ1v) is 6.55. The summed E-state index contributed by atoms with van der Waals surface area (Å²) in [5.41, 5.74) is 1.37. The Bertz CT molecular complexity index is 968. The normalized spacial score (nSPS) is 11.3. The molecular formula is C17H10F2N2. The van der Waals surface area contributed by atoms with Crippen LogP contribution in [0.15, 0.2) is 54.6 Å². The fraction of sp³-hybridized carbons (Fsp3) is 0. The van der Waals surface area contributed by atoms with Crippen molar-refractivity contribution in [2.24, 2.45) is 0 Å². The maximum absolute atomic E-state index is 13.8. The Hall–Kier alpha value is -2.75. The summed E-state index contributed by atoms with van der Waals surface area (Å²) in [5.74, 6) is -0.743. The van der Waals surface area contributed by atoms with Crippen LogP contribution >= 0.6 is 0 Å². The molecule has 0 amide bonds.